The van der Waals surface area contributed by atoms with E-state index in [1.165, 1.54) is 11.1 Å². The zero-order chi connectivity index (χ0) is 6.97. The molecule has 0 fully saturated rings. The first kappa shape index (κ1) is 5.68. The van der Waals surface area contributed by atoms with E-state index in [0.717, 1.165) is 12.4 Å². The number of aromatic nitrogens is 1. The molecule has 0 radical (unpaired) electrons. The molecule has 0 spiro atoms. The summed E-state index contributed by atoms with van der Waals surface area (Å²) in [4.78, 5) is 4.15. The predicted molar refractivity (Wildman–Crippen MR) is 39.4 cm³/mol. The number of nitrogens with zero attached hydrogens (tertiary/aromatic N) is 1. The minimum absolute atomic E-state index is 0.884. The highest BCUT2D eigenvalue weighted by Gasteiger charge is 2.11. The molecule has 2 rings (SSSR count). The molecule has 0 saturated carbocycles. The molecule has 0 saturated heterocycles. The van der Waals surface area contributed by atoms with Crippen LogP contribution in [0.5, 0.6) is 0 Å². The molecule has 3 nitrogen and oxygen atoms in total. The molecule has 2 N–H and O–H groups in total. The van der Waals surface area contributed by atoms with Gasteiger partial charge in [-0.15, -0.1) is 0 Å². The first-order valence-corrected chi connectivity index (χ1v) is 3.31. The molecule has 0 bridgehead atoms. The van der Waals surface area contributed by atoms with E-state index in [0.29, 0.717) is 0 Å². The number of hydrogen-bond donors (Lipinski definition) is 2. The van der Waals surface area contributed by atoms with E-state index in [1.807, 2.05) is 12.3 Å². The van der Waals surface area contributed by atoms with Crippen molar-refractivity contribution in [2.24, 2.45) is 0 Å². The maximum absolute atomic E-state index is 4.15. The van der Waals surface area contributed by atoms with Gasteiger partial charge in [-0.2, -0.15) is 0 Å². The molecule has 0 aliphatic carbocycles. The van der Waals surface area contributed by atoms with E-state index in [1.54, 1.807) is 0 Å². The Morgan fingerprint density at radius 2 is 2.50 bits per heavy atom. The lowest BCUT2D eigenvalue weighted by Crippen LogP contribution is -2.11. The summed E-state index contributed by atoms with van der Waals surface area (Å²) in [6, 6.07) is 2.02. The third-order valence-corrected chi connectivity index (χ3v) is 1.76. The van der Waals surface area contributed by atoms with Gasteiger partial charge in [0.1, 0.15) is 5.82 Å². The topological polar surface area (TPSA) is 37.0 Å². The molecule has 2 heterocycles. The molecule has 1 aliphatic rings. The van der Waals surface area contributed by atoms with Crippen molar-refractivity contribution in [1.82, 2.24) is 10.4 Å². The Bertz CT molecular complexity index is 257. The summed E-state index contributed by atoms with van der Waals surface area (Å²) < 4.78 is 0. The third kappa shape index (κ3) is 0.675. The second kappa shape index (κ2) is 1.95. The Hall–Kier alpha value is -1.09. The number of aryl methyl sites for hydroxylation is 1. The van der Waals surface area contributed by atoms with Crippen LogP contribution in [0.15, 0.2) is 12.3 Å². The normalized spacial score (nSPS) is 14.5. The quantitative estimate of drug-likeness (QED) is 0.553. The summed E-state index contributed by atoms with van der Waals surface area (Å²) in [5.41, 5.74) is 8.57. The molecule has 1 aliphatic heterocycles. The van der Waals surface area contributed by atoms with Gasteiger partial charge in [-0.3, -0.25) is 0 Å². The third-order valence-electron chi connectivity index (χ3n) is 1.76. The van der Waals surface area contributed by atoms with Gasteiger partial charge in [0.05, 0.1) is 0 Å². The minimum Gasteiger partial charge on any atom is -0.305 e. The van der Waals surface area contributed by atoms with Crippen molar-refractivity contribution < 1.29 is 0 Å². The lowest BCUT2D eigenvalue weighted by Gasteiger charge is -1.97. The largest absolute Gasteiger partial charge is 0.305 e. The van der Waals surface area contributed by atoms with Gasteiger partial charge in [0.15, 0.2) is 0 Å². The number of nitrogens with one attached hydrogen (secondary N) is 2. The lowest BCUT2D eigenvalue weighted by atomic mass is 10.1. The summed E-state index contributed by atoms with van der Waals surface area (Å²) >= 11 is 0. The second-order valence-corrected chi connectivity index (χ2v) is 2.43. The predicted octanol–water partition coefficient (Wildman–Crippen LogP) is 0.820. The molecule has 0 aromatic carbocycles. The standard InChI is InChI=1S/C7H9N3/c1-5-2-3-8-7-6(5)4-9-10-7/h2-3,9H,4H2,1H3,(H,8,10). The van der Waals surface area contributed by atoms with Gasteiger partial charge in [0.25, 0.3) is 0 Å². The average molecular weight is 135 g/mol. The van der Waals surface area contributed by atoms with Crippen molar-refractivity contribution in [3.63, 3.8) is 0 Å². The number of pyridine rings is 1. The zero-order valence-corrected chi connectivity index (χ0v) is 5.81. The fourth-order valence-electron chi connectivity index (χ4n) is 1.14. The molecular weight excluding hydrogens is 126 g/mol. The lowest BCUT2D eigenvalue weighted by molar-refractivity contribution is 0.855. The fourth-order valence-corrected chi connectivity index (χ4v) is 1.14. The molecule has 1 aromatic heterocycles. The number of hydrazine groups is 1. The van der Waals surface area contributed by atoms with Crippen molar-refractivity contribution in [3.05, 3.63) is 23.4 Å². The van der Waals surface area contributed by atoms with Crippen LogP contribution in [0.25, 0.3) is 0 Å². The van der Waals surface area contributed by atoms with Crippen LogP contribution in [0, 0.1) is 6.92 Å². The van der Waals surface area contributed by atoms with Crippen LogP contribution < -0.4 is 10.9 Å². The van der Waals surface area contributed by atoms with Gasteiger partial charge in [0, 0.05) is 18.3 Å². The maximum Gasteiger partial charge on any atom is 0.144 e. The Morgan fingerprint density at radius 3 is 3.30 bits per heavy atom. The second-order valence-electron chi connectivity index (χ2n) is 2.43. The molecular formula is C7H9N3. The van der Waals surface area contributed by atoms with Crippen molar-refractivity contribution in [2.75, 3.05) is 5.43 Å². The van der Waals surface area contributed by atoms with Crippen LogP contribution in [0.1, 0.15) is 11.1 Å². The van der Waals surface area contributed by atoms with Crippen LogP contribution in [0.4, 0.5) is 5.82 Å². The Kier molecular flexibility index (Phi) is 1.11. The molecule has 0 unspecified atom stereocenters. The summed E-state index contributed by atoms with van der Waals surface area (Å²) in [5.74, 6) is 0.972. The van der Waals surface area contributed by atoms with Crippen LogP contribution in [-0.4, -0.2) is 4.98 Å². The SMILES string of the molecule is Cc1ccnc2c1CNN2. The van der Waals surface area contributed by atoms with E-state index in [2.05, 4.69) is 22.8 Å². The number of anilines is 1. The van der Waals surface area contributed by atoms with E-state index in [9.17, 15) is 0 Å². The number of fused-ring (bicyclic) bond motifs is 1. The first-order valence-electron chi connectivity index (χ1n) is 3.31. The molecule has 0 amide bonds. The Morgan fingerprint density at radius 1 is 1.60 bits per heavy atom. The average Bonchev–Trinajstić information content (AvgIpc) is 2.36. The van der Waals surface area contributed by atoms with Gasteiger partial charge in [-0.1, -0.05) is 0 Å². The Labute approximate surface area is 59.4 Å². The van der Waals surface area contributed by atoms with Crippen molar-refractivity contribution in [2.45, 2.75) is 13.5 Å². The summed E-state index contributed by atoms with van der Waals surface area (Å²) in [5, 5.41) is 0. The van der Waals surface area contributed by atoms with Crippen LogP contribution >= 0.6 is 0 Å². The van der Waals surface area contributed by atoms with Gasteiger partial charge in [0.2, 0.25) is 0 Å². The van der Waals surface area contributed by atoms with E-state index < -0.39 is 0 Å². The van der Waals surface area contributed by atoms with E-state index in [4.69, 9.17) is 0 Å². The fraction of sp³-hybridized carbons (Fsp3) is 0.286. The highest BCUT2D eigenvalue weighted by atomic mass is 15.4. The monoisotopic (exact) mass is 135 g/mol. The van der Waals surface area contributed by atoms with Crippen LogP contribution in [-0.2, 0) is 6.54 Å². The molecule has 1 aromatic rings. The molecule has 3 heteroatoms. The number of rotatable bonds is 0. The Balaban J connectivity index is 2.59. The van der Waals surface area contributed by atoms with Gasteiger partial charge < -0.3 is 5.43 Å². The zero-order valence-electron chi connectivity index (χ0n) is 5.81. The van der Waals surface area contributed by atoms with Crippen LogP contribution in [0.3, 0.4) is 0 Å². The highest BCUT2D eigenvalue weighted by Crippen LogP contribution is 2.18. The van der Waals surface area contributed by atoms with E-state index in [-0.39, 0.29) is 0 Å². The summed E-state index contributed by atoms with van der Waals surface area (Å²) in [6.07, 6.45) is 1.81. The van der Waals surface area contributed by atoms with Gasteiger partial charge in [-0.05, 0) is 18.6 Å². The van der Waals surface area contributed by atoms with Gasteiger partial charge in [-0.25, -0.2) is 10.4 Å². The van der Waals surface area contributed by atoms with Crippen LogP contribution in [0.2, 0.25) is 0 Å². The molecule has 0 atom stereocenters. The number of hydrogen-bond acceptors (Lipinski definition) is 3. The first-order chi connectivity index (χ1) is 4.88. The van der Waals surface area contributed by atoms with Crippen molar-refractivity contribution in [3.8, 4) is 0 Å². The summed E-state index contributed by atoms with van der Waals surface area (Å²) in [7, 11) is 0. The molecule has 52 valence electrons. The minimum atomic E-state index is 0.884. The van der Waals surface area contributed by atoms with Gasteiger partial charge >= 0.3 is 0 Å². The maximum atomic E-state index is 4.15. The van der Waals surface area contributed by atoms with Crippen molar-refractivity contribution in [1.29, 1.82) is 0 Å². The smallest absolute Gasteiger partial charge is 0.144 e. The summed E-state index contributed by atoms with van der Waals surface area (Å²) in [6.45, 7) is 2.98. The highest BCUT2D eigenvalue weighted by molar-refractivity contribution is 5.50. The van der Waals surface area contributed by atoms with Crippen molar-refractivity contribution >= 4 is 5.82 Å². The molecule has 10 heavy (non-hydrogen) atoms. The van der Waals surface area contributed by atoms with E-state index >= 15 is 0 Å².